The van der Waals surface area contributed by atoms with Crippen LogP contribution < -0.4 is 15.8 Å². The first-order chi connectivity index (χ1) is 14.3. The summed E-state index contributed by atoms with van der Waals surface area (Å²) in [5, 5.41) is 15.4. The van der Waals surface area contributed by atoms with Gasteiger partial charge in [0.05, 0.1) is 11.6 Å². The maximum atomic E-state index is 11.6. The number of carbonyl (C=O) groups is 1. The molecule has 156 valence electrons. The lowest BCUT2D eigenvalue weighted by Crippen LogP contribution is -2.52. The molecule has 4 N–H and O–H groups in total. The summed E-state index contributed by atoms with van der Waals surface area (Å²) in [7, 11) is 0. The molecule has 0 spiro atoms. The topological polar surface area (TPSA) is 97.5 Å². The Morgan fingerprint density at radius 1 is 1.23 bits per heavy atom. The van der Waals surface area contributed by atoms with Crippen LogP contribution in [0.4, 0.5) is 0 Å². The normalized spacial score (nSPS) is 19.9. The second kappa shape index (κ2) is 7.70. The predicted octanol–water partition coefficient (Wildman–Crippen LogP) is 3.05. The number of pyridine rings is 1. The smallest absolute Gasteiger partial charge is 0.267 e. The quantitative estimate of drug-likeness (QED) is 0.606. The van der Waals surface area contributed by atoms with Crippen LogP contribution in [-0.4, -0.2) is 34.2 Å². The molecule has 0 fully saturated rings. The van der Waals surface area contributed by atoms with E-state index in [2.05, 4.69) is 22.4 Å². The van der Waals surface area contributed by atoms with Crippen LogP contribution in [-0.2, 0) is 6.42 Å². The number of rotatable bonds is 5. The van der Waals surface area contributed by atoms with E-state index in [-0.39, 0.29) is 11.7 Å². The minimum Gasteiger partial charge on any atom is -0.485 e. The number of hydrogen-bond acceptors (Lipinski definition) is 5. The Morgan fingerprint density at radius 2 is 1.97 bits per heavy atom. The van der Waals surface area contributed by atoms with Crippen LogP contribution in [0.15, 0.2) is 48.5 Å². The molecular weight excluding hydrogens is 378 g/mol. The number of primary amides is 1. The summed E-state index contributed by atoms with van der Waals surface area (Å²) < 4.78 is 6.16. The van der Waals surface area contributed by atoms with Crippen molar-refractivity contribution in [3.8, 4) is 5.75 Å². The van der Waals surface area contributed by atoms with Crippen LogP contribution in [0.2, 0.25) is 0 Å². The van der Waals surface area contributed by atoms with Crippen molar-refractivity contribution in [2.45, 2.75) is 44.9 Å². The maximum absolute atomic E-state index is 11.6. The summed E-state index contributed by atoms with van der Waals surface area (Å²) in [5.41, 5.74) is 8.54. The van der Waals surface area contributed by atoms with Crippen molar-refractivity contribution in [2.75, 3.05) is 6.54 Å². The fourth-order valence-corrected chi connectivity index (χ4v) is 4.05. The van der Waals surface area contributed by atoms with Crippen molar-refractivity contribution in [1.82, 2.24) is 10.3 Å². The Balaban J connectivity index is 1.71. The number of ether oxygens (including phenoxy) is 1. The van der Waals surface area contributed by atoms with Gasteiger partial charge in [-0.15, -0.1) is 0 Å². The third-order valence-corrected chi connectivity index (χ3v) is 5.76. The van der Waals surface area contributed by atoms with Crippen LogP contribution in [0, 0.1) is 6.92 Å². The van der Waals surface area contributed by atoms with Gasteiger partial charge >= 0.3 is 0 Å². The summed E-state index contributed by atoms with van der Waals surface area (Å²) in [4.78, 5) is 16.1. The van der Waals surface area contributed by atoms with Gasteiger partial charge in [0.15, 0.2) is 0 Å². The highest BCUT2D eigenvalue weighted by molar-refractivity contribution is 5.95. The largest absolute Gasteiger partial charge is 0.485 e. The number of hydrogen-bond donors (Lipinski definition) is 3. The molecule has 2 heterocycles. The summed E-state index contributed by atoms with van der Waals surface area (Å²) >= 11 is 0. The van der Waals surface area contributed by atoms with Gasteiger partial charge < -0.3 is 20.9 Å². The van der Waals surface area contributed by atoms with Crippen molar-refractivity contribution < 1.29 is 14.6 Å². The molecule has 2 aromatic carbocycles. The Hall–Kier alpha value is -2.96. The number of benzene rings is 2. The average Bonchev–Trinajstić information content (AvgIpc) is 2.70. The first-order valence-electron chi connectivity index (χ1n) is 10.2. The van der Waals surface area contributed by atoms with Crippen LogP contribution in [0.25, 0.3) is 10.9 Å². The van der Waals surface area contributed by atoms with E-state index >= 15 is 0 Å². The lowest BCUT2D eigenvalue weighted by Gasteiger charge is -2.42. The van der Waals surface area contributed by atoms with E-state index in [0.717, 1.165) is 22.9 Å². The van der Waals surface area contributed by atoms with Gasteiger partial charge in [-0.25, -0.2) is 4.98 Å². The van der Waals surface area contributed by atoms with Crippen LogP contribution in [0.5, 0.6) is 5.75 Å². The number of nitrogens with zero attached hydrogens (tertiary/aromatic N) is 1. The van der Waals surface area contributed by atoms with Crippen molar-refractivity contribution in [3.63, 3.8) is 0 Å². The predicted molar refractivity (Wildman–Crippen MR) is 117 cm³/mol. The lowest BCUT2D eigenvalue weighted by atomic mass is 9.85. The zero-order valence-electron chi connectivity index (χ0n) is 17.5. The highest BCUT2D eigenvalue weighted by Gasteiger charge is 2.43. The fourth-order valence-electron chi connectivity index (χ4n) is 4.05. The Bertz CT molecular complexity index is 1100. The monoisotopic (exact) mass is 405 g/mol. The number of nitrogens with one attached hydrogen (secondary N) is 1. The first kappa shape index (κ1) is 20.3. The maximum Gasteiger partial charge on any atom is 0.267 e. The Kier molecular flexibility index (Phi) is 5.22. The van der Waals surface area contributed by atoms with E-state index in [4.69, 9.17) is 10.5 Å². The summed E-state index contributed by atoms with van der Waals surface area (Å²) in [5.74, 6) is 0.152. The summed E-state index contributed by atoms with van der Waals surface area (Å²) in [6.45, 7) is 6.39. The molecule has 0 unspecified atom stereocenters. The van der Waals surface area contributed by atoms with E-state index in [1.165, 1.54) is 5.56 Å². The van der Waals surface area contributed by atoms with E-state index in [1.54, 1.807) is 6.07 Å². The van der Waals surface area contributed by atoms with E-state index in [0.29, 0.717) is 17.8 Å². The Labute approximate surface area is 176 Å². The molecule has 30 heavy (non-hydrogen) atoms. The molecule has 6 heteroatoms. The van der Waals surface area contributed by atoms with Gasteiger partial charge in [-0.2, -0.15) is 0 Å². The SMILES string of the molecule is Cc1cc(C(N)=O)nc2cc3c(cc12)OC(C)(C)[C@H](O)[C@H]3NCCc1ccccc1. The molecule has 1 aromatic heterocycles. The van der Waals surface area contributed by atoms with Gasteiger partial charge in [0, 0.05) is 10.9 Å². The molecule has 3 aromatic rings. The number of aromatic nitrogens is 1. The number of fused-ring (bicyclic) bond motifs is 2. The van der Waals surface area contributed by atoms with E-state index < -0.39 is 17.6 Å². The molecule has 2 atom stereocenters. The molecule has 1 aliphatic rings. The molecule has 1 aliphatic heterocycles. The summed E-state index contributed by atoms with van der Waals surface area (Å²) in [6.07, 6.45) is 0.0934. The number of nitrogens with two attached hydrogens (primary N) is 1. The zero-order chi connectivity index (χ0) is 21.5. The molecule has 4 rings (SSSR count). The van der Waals surface area contributed by atoms with Crippen molar-refractivity contribution >= 4 is 16.8 Å². The van der Waals surface area contributed by atoms with Gasteiger partial charge in [-0.05, 0) is 63.1 Å². The molecular formula is C24H27N3O3. The molecule has 0 saturated heterocycles. The highest BCUT2D eigenvalue weighted by atomic mass is 16.5. The van der Waals surface area contributed by atoms with Gasteiger partial charge in [0.1, 0.15) is 23.1 Å². The first-order valence-corrected chi connectivity index (χ1v) is 10.2. The van der Waals surface area contributed by atoms with Crippen LogP contribution >= 0.6 is 0 Å². The van der Waals surface area contributed by atoms with Gasteiger partial charge in [-0.3, -0.25) is 4.79 Å². The minimum absolute atomic E-state index is 0.228. The van der Waals surface area contributed by atoms with Crippen molar-refractivity contribution in [2.24, 2.45) is 5.73 Å². The van der Waals surface area contributed by atoms with Gasteiger partial charge in [-0.1, -0.05) is 30.3 Å². The molecule has 0 radical (unpaired) electrons. The molecule has 0 bridgehead atoms. The minimum atomic E-state index is -0.751. The second-order valence-electron chi connectivity index (χ2n) is 8.41. The number of amides is 1. The number of aliphatic hydroxyl groups is 1. The van der Waals surface area contributed by atoms with Crippen molar-refractivity contribution in [3.05, 3.63) is 70.9 Å². The third-order valence-electron chi connectivity index (χ3n) is 5.76. The van der Waals surface area contributed by atoms with E-state index in [1.807, 2.05) is 51.1 Å². The zero-order valence-corrected chi connectivity index (χ0v) is 17.5. The molecule has 6 nitrogen and oxygen atoms in total. The molecule has 1 amide bonds. The lowest BCUT2D eigenvalue weighted by molar-refractivity contribution is -0.0642. The number of aryl methyl sites for hydroxylation is 1. The molecule has 0 saturated carbocycles. The number of aliphatic hydroxyl groups excluding tert-OH is 1. The average molecular weight is 405 g/mol. The summed E-state index contributed by atoms with van der Waals surface area (Å²) in [6, 6.07) is 15.4. The fraction of sp³-hybridized carbons (Fsp3) is 0.333. The highest BCUT2D eigenvalue weighted by Crippen LogP contribution is 2.42. The van der Waals surface area contributed by atoms with E-state index in [9.17, 15) is 9.90 Å². The van der Waals surface area contributed by atoms with Crippen LogP contribution in [0.1, 0.15) is 47.1 Å². The number of carbonyl (C=O) groups excluding carboxylic acids is 1. The molecule has 0 aliphatic carbocycles. The standard InChI is InChI=1S/C24H27N3O3/c1-14-11-19(23(25)29)27-18-12-17-20(13-16(14)18)30-24(2,3)22(28)21(17)26-10-9-15-7-5-4-6-8-15/h4-8,11-13,21-22,26,28H,9-10H2,1-3H3,(H2,25,29)/t21-,22+/m0/s1. The second-order valence-corrected chi connectivity index (χ2v) is 8.41. The third kappa shape index (κ3) is 3.76. The van der Waals surface area contributed by atoms with Gasteiger partial charge in [0.2, 0.25) is 0 Å². The van der Waals surface area contributed by atoms with Crippen LogP contribution in [0.3, 0.4) is 0 Å². The van der Waals surface area contributed by atoms with Gasteiger partial charge in [0.25, 0.3) is 5.91 Å². The van der Waals surface area contributed by atoms with Crippen molar-refractivity contribution in [1.29, 1.82) is 0 Å². The Morgan fingerprint density at radius 3 is 2.67 bits per heavy atom.